The van der Waals surface area contributed by atoms with Crippen LogP contribution in [0.15, 0.2) is 54.6 Å². The number of carbonyl (C=O) groups is 1. The molecule has 0 atom stereocenters. The number of nitrogens with one attached hydrogen (secondary N) is 3. The number of nitrogens with zero attached hydrogens (tertiary/aromatic N) is 1. The Kier molecular flexibility index (Phi) is 5.83. The molecule has 3 rings (SSSR count). The first-order valence-electron chi connectivity index (χ1n) is 8.51. The van der Waals surface area contributed by atoms with Gasteiger partial charge in [0.05, 0.1) is 23.9 Å². The lowest BCUT2D eigenvalue weighted by Crippen LogP contribution is -2.46. The SMILES string of the molecule is CCNC(=S)NNC(=O)c1cc(-c2ccccc2OC)nc2ccccc12. The minimum absolute atomic E-state index is 0.301. The summed E-state index contributed by atoms with van der Waals surface area (Å²) in [5.41, 5.74) is 8.03. The topological polar surface area (TPSA) is 75.3 Å². The van der Waals surface area contributed by atoms with Crippen LogP contribution in [0.1, 0.15) is 17.3 Å². The summed E-state index contributed by atoms with van der Waals surface area (Å²) in [7, 11) is 1.61. The standard InChI is InChI=1S/C20H20N4O2S/c1-3-21-20(27)24-23-19(25)15-12-17(14-9-5-7-11-18(14)26-2)22-16-10-6-4-8-13(15)16/h4-12H,3H2,1-2H3,(H,23,25)(H2,21,24,27). The highest BCUT2D eigenvalue weighted by molar-refractivity contribution is 7.80. The zero-order valence-corrected chi connectivity index (χ0v) is 15.9. The maximum Gasteiger partial charge on any atom is 0.270 e. The molecule has 7 heteroatoms. The molecule has 0 unspecified atom stereocenters. The Balaban J connectivity index is 2.03. The third-order valence-electron chi connectivity index (χ3n) is 3.97. The van der Waals surface area contributed by atoms with Crippen LogP contribution in [-0.4, -0.2) is 29.7 Å². The van der Waals surface area contributed by atoms with Gasteiger partial charge in [-0.05, 0) is 43.4 Å². The van der Waals surface area contributed by atoms with Crippen molar-refractivity contribution >= 4 is 34.1 Å². The van der Waals surface area contributed by atoms with E-state index in [2.05, 4.69) is 16.2 Å². The van der Waals surface area contributed by atoms with Crippen LogP contribution in [0.3, 0.4) is 0 Å². The molecule has 0 spiro atoms. The van der Waals surface area contributed by atoms with Gasteiger partial charge in [0, 0.05) is 17.5 Å². The highest BCUT2D eigenvalue weighted by Gasteiger charge is 2.15. The van der Waals surface area contributed by atoms with Gasteiger partial charge in [0.2, 0.25) is 0 Å². The minimum Gasteiger partial charge on any atom is -0.496 e. The molecule has 0 saturated carbocycles. The second-order valence-corrected chi connectivity index (χ2v) is 6.12. The van der Waals surface area contributed by atoms with E-state index in [1.807, 2.05) is 55.5 Å². The van der Waals surface area contributed by atoms with Gasteiger partial charge in [-0.1, -0.05) is 30.3 Å². The second kappa shape index (κ2) is 8.46. The third kappa shape index (κ3) is 4.15. The molecular formula is C20H20N4O2S. The summed E-state index contributed by atoms with van der Waals surface area (Å²) in [5.74, 6) is 0.392. The van der Waals surface area contributed by atoms with Gasteiger partial charge in [-0.3, -0.25) is 15.6 Å². The van der Waals surface area contributed by atoms with Crippen LogP contribution in [-0.2, 0) is 0 Å². The molecule has 3 N–H and O–H groups in total. The molecule has 0 fully saturated rings. The van der Waals surface area contributed by atoms with E-state index < -0.39 is 0 Å². The molecule has 0 aliphatic heterocycles. The zero-order chi connectivity index (χ0) is 19.2. The number of benzene rings is 2. The van der Waals surface area contributed by atoms with Crippen molar-refractivity contribution in [3.8, 4) is 17.0 Å². The van der Waals surface area contributed by atoms with Crippen molar-refractivity contribution in [2.24, 2.45) is 0 Å². The molecule has 27 heavy (non-hydrogen) atoms. The molecule has 0 bridgehead atoms. The van der Waals surface area contributed by atoms with Gasteiger partial charge in [-0.2, -0.15) is 0 Å². The number of amides is 1. The molecule has 1 heterocycles. The summed E-state index contributed by atoms with van der Waals surface area (Å²) >= 11 is 5.09. The van der Waals surface area contributed by atoms with Crippen LogP contribution >= 0.6 is 12.2 Å². The molecule has 138 valence electrons. The van der Waals surface area contributed by atoms with Gasteiger partial charge in [-0.25, -0.2) is 4.98 Å². The van der Waals surface area contributed by atoms with Gasteiger partial charge in [0.1, 0.15) is 5.75 Å². The van der Waals surface area contributed by atoms with Crippen molar-refractivity contribution in [3.63, 3.8) is 0 Å². The van der Waals surface area contributed by atoms with Gasteiger partial charge >= 0.3 is 0 Å². The lowest BCUT2D eigenvalue weighted by atomic mass is 10.0. The molecule has 0 aliphatic carbocycles. The van der Waals surface area contributed by atoms with E-state index in [-0.39, 0.29) is 5.91 Å². The van der Waals surface area contributed by atoms with Crippen molar-refractivity contribution in [2.75, 3.05) is 13.7 Å². The van der Waals surface area contributed by atoms with E-state index in [1.165, 1.54) is 0 Å². The Labute approximate surface area is 162 Å². The second-order valence-electron chi connectivity index (χ2n) is 5.71. The van der Waals surface area contributed by atoms with Crippen molar-refractivity contribution in [2.45, 2.75) is 6.92 Å². The number of hydrazine groups is 1. The number of ether oxygens (including phenoxy) is 1. The van der Waals surface area contributed by atoms with E-state index in [0.717, 1.165) is 16.5 Å². The van der Waals surface area contributed by atoms with Gasteiger partial charge in [0.25, 0.3) is 5.91 Å². The number of pyridine rings is 1. The molecule has 6 nitrogen and oxygen atoms in total. The fraction of sp³-hybridized carbons (Fsp3) is 0.150. The first kappa shape index (κ1) is 18.6. The Morgan fingerprint density at radius 2 is 1.85 bits per heavy atom. The van der Waals surface area contributed by atoms with Gasteiger partial charge in [-0.15, -0.1) is 0 Å². The molecule has 3 aromatic rings. The van der Waals surface area contributed by atoms with Crippen LogP contribution in [0.4, 0.5) is 0 Å². The van der Waals surface area contributed by atoms with Crippen LogP contribution in [0.25, 0.3) is 22.2 Å². The summed E-state index contributed by atoms with van der Waals surface area (Å²) in [6, 6.07) is 16.8. The number of hydrogen-bond donors (Lipinski definition) is 3. The van der Waals surface area contributed by atoms with E-state index in [0.29, 0.717) is 28.7 Å². The van der Waals surface area contributed by atoms with E-state index in [9.17, 15) is 4.79 Å². The number of para-hydroxylation sites is 2. The Morgan fingerprint density at radius 1 is 1.11 bits per heavy atom. The molecule has 2 aromatic carbocycles. The van der Waals surface area contributed by atoms with Crippen molar-refractivity contribution in [1.29, 1.82) is 0 Å². The summed E-state index contributed by atoms with van der Waals surface area (Å²) < 4.78 is 5.44. The Bertz CT molecular complexity index is 991. The fourth-order valence-corrected chi connectivity index (χ4v) is 2.94. The number of thiocarbonyl (C=S) groups is 1. The Hall–Kier alpha value is -3.19. The average Bonchev–Trinajstić information content (AvgIpc) is 2.71. The predicted octanol–water partition coefficient (Wildman–Crippen LogP) is 3.04. The molecular weight excluding hydrogens is 360 g/mol. The van der Waals surface area contributed by atoms with Crippen LogP contribution < -0.4 is 20.9 Å². The largest absolute Gasteiger partial charge is 0.496 e. The average molecular weight is 380 g/mol. The van der Waals surface area contributed by atoms with E-state index >= 15 is 0 Å². The molecule has 0 aliphatic rings. The number of fused-ring (bicyclic) bond motifs is 1. The zero-order valence-electron chi connectivity index (χ0n) is 15.1. The number of hydrogen-bond acceptors (Lipinski definition) is 4. The molecule has 0 saturated heterocycles. The normalized spacial score (nSPS) is 10.3. The number of aromatic nitrogens is 1. The predicted molar refractivity (Wildman–Crippen MR) is 111 cm³/mol. The molecule has 0 radical (unpaired) electrons. The molecule has 1 aromatic heterocycles. The third-order valence-corrected chi connectivity index (χ3v) is 4.22. The summed E-state index contributed by atoms with van der Waals surface area (Å²) in [4.78, 5) is 17.5. The monoisotopic (exact) mass is 380 g/mol. The minimum atomic E-state index is -0.301. The molecule has 1 amide bonds. The summed E-state index contributed by atoms with van der Waals surface area (Å²) in [6.07, 6.45) is 0. The Morgan fingerprint density at radius 3 is 2.63 bits per heavy atom. The maximum absolute atomic E-state index is 12.8. The summed E-state index contributed by atoms with van der Waals surface area (Å²) in [5, 5.41) is 4.03. The fourth-order valence-electron chi connectivity index (χ4n) is 2.74. The number of rotatable bonds is 4. The maximum atomic E-state index is 12.8. The lowest BCUT2D eigenvalue weighted by molar-refractivity contribution is 0.0945. The van der Waals surface area contributed by atoms with E-state index in [1.54, 1.807) is 13.2 Å². The quantitative estimate of drug-likeness (QED) is 0.477. The van der Waals surface area contributed by atoms with Crippen molar-refractivity contribution in [1.82, 2.24) is 21.2 Å². The van der Waals surface area contributed by atoms with Gasteiger partial charge < -0.3 is 10.1 Å². The lowest BCUT2D eigenvalue weighted by Gasteiger charge is -2.14. The van der Waals surface area contributed by atoms with Crippen molar-refractivity contribution < 1.29 is 9.53 Å². The number of carbonyl (C=O) groups excluding carboxylic acids is 1. The van der Waals surface area contributed by atoms with Gasteiger partial charge in [0.15, 0.2) is 5.11 Å². The smallest absolute Gasteiger partial charge is 0.270 e. The first-order valence-corrected chi connectivity index (χ1v) is 8.92. The van der Waals surface area contributed by atoms with E-state index in [4.69, 9.17) is 21.9 Å². The van der Waals surface area contributed by atoms with Crippen LogP contribution in [0.2, 0.25) is 0 Å². The number of methoxy groups -OCH3 is 1. The first-order chi connectivity index (χ1) is 13.1. The van der Waals surface area contributed by atoms with Crippen LogP contribution in [0, 0.1) is 0 Å². The summed E-state index contributed by atoms with van der Waals surface area (Å²) in [6.45, 7) is 2.59. The highest BCUT2D eigenvalue weighted by Crippen LogP contribution is 2.31. The van der Waals surface area contributed by atoms with Crippen molar-refractivity contribution in [3.05, 3.63) is 60.2 Å². The van der Waals surface area contributed by atoms with Crippen LogP contribution in [0.5, 0.6) is 5.75 Å². The highest BCUT2D eigenvalue weighted by atomic mass is 32.1.